The fourth-order valence-electron chi connectivity index (χ4n) is 1.83. The number of imidazole rings is 1. The highest BCUT2D eigenvalue weighted by Gasteiger charge is 2.18. The van der Waals surface area contributed by atoms with Crippen LogP contribution in [-0.2, 0) is 25.4 Å². The Balaban J connectivity index is 2.99. The van der Waals surface area contributed by atoms with E-state index in [0.717, 1.165) is 4.57 Å². The average Bonchev–Trinajstić information content (AvgIpc) is 2.61. The molecule has 2 rings (SSSR count). The van der Waals surface area contributed by atoms with Crippen LogP contribution in [0.5, 0.6) is 0 Å². The monoisotopic (exact) mass is 362 g/mol. The quantitative estimate of drug-likeness (QED) is 0.539. The van der Waals surface area contributed by atoms with Gasteiger partial charge in [0, 0.05) is 36.7 Å². The molecule has 0 fully saturated rings. The Morgan fingerprint density at radius 2 is 1.89 bits per heavy atom. The van der Waals surface area contributed by atoms with E-state index in [1.165, 1.54) is 18.5 Å². The summed E-state index contributed by atoms with van der Waals surface area (Å²) in [6.45, 7) is 1.54. The maximum absolute atomic E-state index is 11.9. The molecule has 0 aliphatic heterocycles. The first kappa shape index (κ1) is 13.0. The van der Waals surface area contributed by atoms with Gasteiger partial charge in [0.15, 0.2) is 15.0 Å². The number of hydrogen-bond donors (Lipinski definition) is 0. The zero-order valence-corrected chi connectivity index (χ0v) is 12.3. The lowest BCUT2D eigenvalue weighted by Crippen LogP contribution is -2.37. The van der Waals surface area contributed by atoms with Crippen LogP contribution in [0, 0.1) is 3.83 Å². The summed E-state index contributed by atoms with van der Waals surface area (Å²) in [5.41, 5.74) is -0.310. The van der Waals surface area contributed by atoms with E-state index in [0.29, 0.717) is 9.48 Å². The Kier molecular flexibility index (Phi) is 3.13. The van der Waals surface area contributed by atoms with Crippen molar-refractivity contribution in [3.05, 3.63) is 24.7 Å². The summed E-state index contributed by atoms with van der Waals surface area (Å²) in [5.74, 6) is -0.0691. The minimum Gasteiger partial charge on any atom is -0.298 e. The van der Waals surface area contributed by atoms with Crippen LogP contribution in [0.3, 0.4) is 0 Å². The van der Waals surface area contributed by atoms with Gasteiger partial charge in [0.25, 0.3) is 5.56 Å². The van der Waals surface area contributed by atoms with Crippen molar-refractivity contribution in [1.29, 1.82) is 0 Å². The molecule has 0 aromatic carbocycles. The average molecular weight is 362 g/mol. The van der Waals surface area contributed by atoms with E-state index in [2.05, 4.69) is 4.98 Å². The highest BCUT2D eigenvalue weighted by Crippen LogP contribution is 2.13. The van der Waals surface area contributed by atoms with E-state index >= 15 is 0 Å². The Morgan fingerprint density at radius 3 is 2.44 bits per heavy atom. The lowest BCUT2D eigenvalue weighted by atomic mass is 10.4. The second-order valence-electron chi connectivity index (χ2n) is 4.05. The number of Topliss-reactive ketones (excluding diaryl/α,β-unsaturated/α-hetero) is 1. The molecule has 0 amide bonds. The van der Waals surface area contributed by atoms with Crippen LogP contribution in [0.2, 0.25) is 0 Å². The first-order valence-corrected chi connectivity index (χ1v) is 6.23. The minimum atomic E-state index is -0.451. The molecule has 0 bridgehead atoms. The molecule has 96 valence electrons. The van der Waals surface area contributed by atoms with E-state index in [9.17, 15) is 14.4 Å². The smallest absolute Gasteiger partial charge is 0.298 e. The van der Waals surface area contributed by atoms with E-state index in [1.54, 1.807) is 11.6 Å². The van der Waals surface area contributed by atoms with E-state index < -0.39 is 11.2 Å². The van der Waals surface area contributed by atoms with Gasteiger partial charge in [0.2, 0.25) is 0 Å². The Hall–Kier alpha value is -1.45. The number of halogens is 1. The van der Waals surface area contributed by atoms with Gasteiger partial charge in [-0.25, -0.2) is 9.78 Å². The molecule has 0 N–H and O–H groups in total. The number of fused-ring (bicyclic) bond motifs is 1. The number of ketones is 1. The number of rotatable bonds is 2. The van der Waals surface area contributed by atoms with Gasteiger partial charge in [-0.15, -0.1) is 0 Å². The maximum atomic E-state index is 11.9. The summed E-state index contributed by atoms with van der Waals surface area (Å²) in [5, 5.41) is 0. The fraction of sp³-hybridized carbons (Fsp3) is 0.400. The molecule has 7 nitrogen and oxygen atoms in total. The molecule has 8 heteroatoms. The maximum Gasteiger partial charge on any atom is 0.332 e. The summed E-state index contributed by atoms with van der Waals surface area (Å²) >= 11 is 1.94. The molecule has 0 unspecified atom stereocenters. The van der Waals surface area contributed by atoms with Crippen molar-refractivity contribution in [3.63, 3.8) is 0 Å². The molecule has 0 radical (unpaired) electrons. The molecule has 0 aliphatic rings. The normalized spacial score (nSPS) is 11.1. The SMILES string of the molecule is CC(=O)Cn1c(I)nc2c(=O)n(C)c(=O)n(C)c21. The van der Waals surface area contributed by atoms with Gasteiger partial charge in [0.1, 0.15) is 5.78 Å². The molecule has 18 heavy (non-hydrogen) atoms. The zero-order chi connectivity index (χ0) is 13.6. The van der Waals surface area contributed by atoms with Gasteiger partial charge >= 0.3 is 5.69 Å². The molecule has 0 saturated carbocycles. The zero-order valence-electron chi connectivity index (χ0n) is 10.1. The Morgan fingerprint density at radius 1 is 1.28 bits per heavy atom. The summed E-state index contributed by atoms with van der Waals surface area (Å²) < 4.78 is 4.41. The van der Waals surface area contributed by atoms with Crippen LogP contribution in [0.25, 0.3) is 11.2 Å². The van der Waals surface area contributed by atoms with Gasteiger partial charge in [-0.1, -0.05) is 0 Å². The summed E-state index contributed by atoms with van der Waals surface area (Å²) in [4.78, 5) is 39.2. The number of carbonyl (C=O) groups is 1. The highest BCUT2D eigenvalue weighted by atomic mass is 127. The van der Waals surface area contributed by atoms with Crippen LogP contribution in [0.4, 0.5) is 0 Å². The predicted molar refractivity (Wildman–Crippen MR) is 73.6 cm³/mol. The number of aromatic nitrogens is 4. The van der Waals surface area contributed by atoms with Gasteiger partial charge in [-0.05, 0) is 6.92 Å². The van der Waals surface area contributed by atoms with Gasteiger partial charge in [-0.3, -0.25) is 23.3 Å². The van der Waals surface area contributed by atoms with Crippen molar-refractivity contribution in [1.82, 2.24) is 18.7 Å². The third kappa shape index (κ3) is 1.80. The van der Waals surface area contributed by atoms with E-state index in [1.807, 2.05) is 22.6 Å². The van der Waals surface area contributed by atoms with Crippen LogP contribution in [0.1, 0.15) is 6.92 Å². The van der Waals surface area contributed by atoms with Crippen molar-refractivity contribution in [2.24, 2.45) is 14.1 Å². The van der Waals surface area contributed by atoms with Crippen molar-refractivity contribution in [3.8, 4) is 0 Å². The molecule has 2 heterocycles. The molecule has 0 atom stereocenters. The molecule has 0 saturated heterocycles. The molecular formula is C10H11IN4O3. The Bertz CT molecular complexity index is 768. The predicted octanol–water partition coefficient (Wildman–Crippen LogP) is -0.373. The van der Waals surface area contributed by atoms with Gasteiger partial charge in [0.05, 0.1) is 6.54 Å². The second-order valence-corrected chi connectivity index (χ2v) is 5.01. The lowest BCUT2D eigenvalue weighted by molar-refractivity contribution is -0.117. The van der Waals surface area contributed by atoms with Gasteiger partial charge in [-0.2, -0.15) is 0 Å². The standard InChI is InChI=1S/C10H11IN4O3/c1-5(16)4-15-7-6(12-9(15)11)8(17)14(3)10(18)13(7)2/h4H2,1-3H3. The summed E-state index contributed by atoms with van der Waals surface area (Å²) in [6, 6.07) is 0. The van der Waals surface area contributed by atoms with Crippen molar-refractivity contribution in [2.45, 2.75) is 13.5 Å². The van der Waals surface area contributed by atoms with Crippen LogP contribution in [0.15, 0.2) is 9.59 Å². The van der Waals surface area contributed by atoms with Gasteiger partial charge < -0.3 is 0 Å². The molecule has 0 aliphatic carbocycles. The number of carbonyl (C=O) groups excluding carboxylic acids is 1. The largest absolute Gasteiger partial charge is 0.332 e. The summed E-state index contributed by atoms with van der Waals surface area (Å²) in [6.07, 6.45) is 0. The first-order chi connectivity index (χ1) is 8.34. The van der Waals surface area contributed by atoms with Crippen molar-refractivity contribution >= 4 is 39.5 Å². The second kappa shape index (κ2) is 4.34. The number of hydrogen-bond acceptors (Lipinski definition) is 4. The molecule has 2 aromatic heterocycles. The molecule has 2 aromatic rings. The highest BCUT2D eigenvalue weighted by molar-refractivity contribution is 14.1. The lowest BCUT2D eigenvalue weighted by Gasteiger charge is -2.07. The van der Waals surface area contributed by atoms with Crippen LogP contribution in [-0.4, -0.2) is 24.5 Å². The minimum absolute atomic E-state index is 0.0691. The van der Waals surface area contributed by atoms with Crippen molar-refractivity contribution in [2.75, 3.05) is 0 Å². The fourth-order valence-corrected chi connectivity index (χ4v) is 2.47. The molecule has 0 spiro atoms. The van der Waals surface area contributed by atoms with Crippen LogP contribution < -0.4 is 11.2 Å². The first-order valence-electron chi connectivity index (χ1n) is 5.15. The third-order valence-electron chi connectivity index (χ3n) is 2.67. The third-order valence-corrected chi connectivity index (χ3v) is 3.50. The van der Waals surface area contributed by atoms with E-state index in [-0.39, 0.29) is 17.8 Å². The summed E-state index contributed by atoms with van der Waals surface area (Å²) in [7, 11) is 2.96. The van der Waals surface area contributed by atoms with E-state index in [4.69, 9.17) is 0 Å². The number of nitrogens with zero attached hydrogens (tertiary/aromatic N) is 4. The molecular weight excluding hydrogens is 351 g/mol. The topological polar surface area (TPSA) is 78.9 Å². The van der Waals surface area contributed by atoms with Crippen molar-refractivity contribution < 1.29 is 4.79 Å². The number of aryl methyl sites for hydroxylation is 1. The van der Waals surface area contributed by atoms with Crippen LogP contribution >= 0.6 is 22.6 Å². The Labute approximate surface area is 115 Å².